The number of alkyl halides is 1. The molecule has 12 heteroatoms. The molecular weight excluding hydrogens is 652 g/mol. The van der Waals surface area contributed by atoms with Crippen LogP contribution in [-0.2, 0) is 17.6 Å². The Labute approximate surface area is 297 Å². The SMILES string of the molecule is C#Cc1c(F)ccc2c1N(C1=Cc3nc(OC[C@]4(C)C[C@@H](F)CN4c4ccccn4)nc(N4CCCCC(NC(=O)C=C)C4)c3CC1)C[C@@H](O)C2. The maximum atomic E-state index is 15.0. The van der Waals surface area contributed by atoms with Gasteiger partial charge in [0.25, 0.3) is 0 Å². The number of terminal acetylenes is 1. The summed E-state index contributed by atoms with van der Waals surface area (Å²) in [5.74, 6) is 3.23. The lowest BCUT2D eigenvalue weighted by atomic mass is 9.92. The molecule has 0 radical (unpaired) electrons. The van der Waals surface area contributed by atoms with Gasteiger partial charge in [-0.25, -0.2) is 13.8 Å². The van der Waals surface area contributed by atoms with Crippen LogP contribution in [0.5, 0.6) is 6.01 Å². The fraction of sp³-hybridized carbons (Fsp3) is 0.436. The van der Waals surface area contributed by atoms with Gasteiger partial charge in [0.05, 0.1) is 35.1 Å². The van der Waals surface area contributed by atoms with E-state index < -0.39 is 23.6 Å². The first-order valence-corrected chi connectivity index (χ1v) is 17.6. The molecule has 3 aromatic rings. The predicted molar refractivity (Wildman–Crippen MR) is 193 cm³/mol. The Morgan fingerprint density at radius 1 is 1.22 bits per heavy atom. The molecule has 4 atom stereocenters. The predicted octanol–water partition coefficient (Wildman–Crippen LogP) is 4.75. The standard InChI is InChI=1S/C39H43F2N7O3/c1-4-30-32(41)15-12-25-18-29(49)23-47(36(25)30)28-13-14-31-33(19-28)44-38(45-37(31)46-17-9-7-10-27(22-46)43-35(50)5-2)51-24-39(3)20-26(40)21-48(39)34-11-6-8-16-42-34/h1,5-6,8,11-12,15-16,19,26-27,29,49H,2,7,9-10,13-14,17-18,20-24H2,3H3,(H,43,50)/t26-,27?,29+,39+/m1/s1. The van der Waals surface area contributed by atoms with Gasteiger partial charge in [0.2, 0.25) is 5.91 Å². The van der Waals surface area contributed by atoms with Crippen molar-refractivity contribution in [2.45, 2.75) is 75.7 Å². The minimum Gasteiger partial charge on any atom is -0.461 e. The smallest absolute Gasteiger partial charge is 0.319 e. The summed E-state index contributed by atoms with van der Waals surface area (Å²) < 4.78 is 36.4. The highest BCUT2D eigenvalue weighted by atomic mass is 19.1. The minimum atomic E-state index is -1.05. The Bertz CT molecular complexity index is 1880. The summed E-state index contributed by atoms with van der Waals surface area (Å²) in [6.07, 6.45) is 13.5. The number of aliphatic hydroxyl groups is 1. The molecule has 4 aliphatic rings. The number of β-amino-alcohol motifs (C(OH)–C–C–N with tert-alkyl or cyclic N) is 1. The van der Waals surface area contributed by atoms with Gasteiger partial charge in [-0.15, -0.1) is 6.42 Å². The number of aliphatic hydroxyl groups excluding tert-OH is 1. The van der Waals surface area contributed by atoms with Crippen molar-refractivity contribution in [1.29, 1.82) is 0 Å². The number of carbonyl (C=O) groups is 1. The van der Waals surface area contributed by atoms with E-state index in [9.17, 15) is 18.7 Å². The molecular formula is C39H43F2N7O3. The highest BCUT2D eigenvalue weighted by molar-refractivity contribution is 5.87. The molecule has 0 saturated carbocycles. The molecule has 51 heavy (non-hydrogen) atoms. The zero-order valence-corrected chi connectivity index (χ0v) is 28.8. The molecule has 7 rings (SSSR count). The Kier molecular flexibility index (Phi) is 9.66. The van der Waals surface area contributed by atoms with Crippen LogP contribution >= 0.6 is 0 Å². The highest BCUT2D eigenvalue weighted by Crippen LogP contribution is 2.40. The van der Waals surface area contributed by atoms with E-state index in [1.165, 1.54) is 12.1 Å². The average molecular weight is 696 g/mol. The lowest BCUT2D eigenvalue weighted by molar-refractivity contribution is -0.117. The summed E-state index contributed by atoms with van der Waals surface area (Å²) in [7, 11) is 0. The van der Waals surface area contributed by atoms with E-state index in [0.717, 1.165) is 48.4 Å². The number of amides is 1. The number of hydrogen-bond donors (Lipinski definition) is 2. The number of aromatic nitrogens is 3. The van der Waals surface area contributed by atoms with E-state index in [1.807, 2.05) is 41.0 Å². The van der Waals surface area contributed by atoms with E-state index in [0.29, 0.717) is 43.0 Å². The van der Waals surface area contributed by atoms with Crippen molar-refractivity contribution in [1.82, 2.24) is 20.3 Å². The summed E-state index contributed by atoms with van der Waals surface area (Å²) in [6.45, 7) is 7.43. The van der Waals surface area contributed by atoms with Gasteiger partial charge in [-0.3, -0.25) is 4.79 Å². The number of hydrogen-bond acceptors (Lipinski definition) is 9. The van der Waals surface area contributed by atoms with E-state index in [2.05, 4.69) is 27.7 Å². The number of allylic oxidation sites excluding steroid dienone is 1. The number of halogens is 2. The van der Waals surface area contributed by atoms with Crippen molar-refractivity contribution < 1.29 is 23.4 Å². The molecule has 3 aliphatic heterocycles. The molecule has 1 aromatic carbocycles. The van der Waals surface area contributed by atoms with Crippen LogP contribution < -0.4 is 24.8 Å². The monoisotopic (exact) mass is 695 g/mol. The molecule has 2 aromatic heterocycles. The van der Waals surface area contributed by atoms with Crippen LogP contribution in [0.3, 0.4) is 0 Å². The summed E-state index contributed by atoms with van der Waals surface area (Å²) in [4.78, 5) is 32.7. The molecule has 1 aliphatic carbocycles. The number of fused-ring (bicyclic) bond motifs is 2. The maximum absolute atomic E-state index is 15.0. The third-order valence-electron chi connectivity index (χ3n) is 10.4. The fourth-order valence-corrected chi connectivity index (χ4v) is 7.97. The second-order valence-electron chi connectivity index (χ2n) is 14.1. The quantitative estimate of drug-likeness (QED) is 0.255. The number of anilines is 3. The Balaban J connectivity index is 1.27. The molecule has 10 nitrogen and oxygen atoms in total. The van der Waals surface area contributed by atoms with Crippen LogP contribution in [0.15, 0.2) is 54.9 Å². The number of ether oxygens (including phenoxy) is 1. The van der Waals surface area contributed by atoms with Crippen molar-refractivity contribution in [3.8, 4) is 18.4 Å². The fourth-order valence-electron chi connectivity index (χ4n) is 7.97. The second kappa shape index (κ2) is 14.3. The number of rotatable bonds is 8. The van der Waals surface area contributed by atoms with Crippen molar-refractivity contribution in [2.75, 3.05) is 47.5 Å². The Hall–Kier alpha value is -5.02. The normalized spacial score (nSPS) is 24.5. The molecule has 1 amide bonds. The average Bonchev–Trinajstić information content (AvgIpc) is 3.27. The van der Waals surface area contributed by atoms with Crippen LogP contribution in [0.25, 0.3) is 6.08 Å². The number of benzene rings is 1. The van der Waals surface area contributed by atoms with E-state index in [1.54, 1.807) is 12.3 Å². The molecule has 2 N–H and O–H groups in total. The Morgan fingerprint density at radius 3 is 2.86 bits per heavy atom. The van der Waals surface area contributed by atoms with Gasteiger partial charge in [-0.05, 0) is 74.9 Å². The van der Waals surface area contributed by atoms with E-state index in [4.69, 9.17) is 21.1 Å². The number of nitrogens with zero attached hydrogens (tertiary/aromatic N) is 6. The largest absolute Gasteiger partial charge is 0.461 e. The molecule has 1 unspecified atom stereocenters. The maximum Gasteiger partial charge on any atom is 0.319 e. The lowest BCUT2D eigenvalue weighted by Gasteiger charge is -2.38. The first kappa shape index (κ1) is 34.4. The Morgan fingerprint density at radius 2 is 2.08 bits per heavy atom. The van der Waals surface area contributed by atoms with Gasteiger partial charge in [0.15, 0.2) is 0 Å². The zero-order chi connectivity index (χ0) is 35.7. The summed E-state index contributed by atoms with van der Waals surface area (Å²) in [5, 5.41) is 13.9. The van der Waals surface area contributed by atoms with Gasteiger partial charge in [0, 0.05) is 56.0 Å². The van der Waals surface area contributed by atoms with Crippen LogP contribution in [0.2, 0.25) is 0 Å². The molecule has 2 fully saturated rings. The van der Waals surface area contributed by atoms with Crippen LogP contribution in [-0.4, -0.2) is 82.6 Å². The molecule has 2 saturated heterocycles. The summed E-state index contributed by atoms with van der Waals surface area (Å²) in [5.41, 5.74) is 3.27. The lowest BCUT2D eigenvalue weighted by Crippen LogP contribution is -2.46. The molecule has 5 heterocycles. The number of pyridine rings is 1. The van der Waals surface area contributed by atoms with Gasteiger partial charge < -0.3 is 29.9 Å². The van der Waals surface area contributed by atoms with Crippen LogP contribution in [0.1, 0.15) is 61.4 Å². The summed E-state index contributed by atoms with van der Waals surface area (Å²) >= 11 is 0. The highest BCUT2D eigenvalue weighted by Gasteiger charge is 2.44. The topological polar surface area (TPSA) is 107 Å². The second-order valence-corrected chi connectivity index (χ2v) is 14.1. The van der Waals surface area contributed by atoms with Gasteiger partial charge in [-0.1, -0.05) is 24.6 Å². The molecule has 0 bridgehead atoms. The number of carbonyl (C=O) groups excluding carboxylic acids is 1. The van der Waals surface area contributed by atoms with Crippen molar-refractivity contribution in [3.05, 3.63) is 83.1 Å². The van der Waals surface area contributed by atoms with E-state index >= 15 is 0 Å². The van der Waals surface area contributed by atoms with Crippen molar-refractivity contribution in [2.24, 2.45) is 0 Å². The van der Waals surface area contributed by atoms with Crippen LogP contribution in [0.4, 0.5) is 26.1 Å². The molecule has 266 valence electrons. The van der Waals surface area contributed by atoms with Gasteiger partial charge >= 0.3 is 6.01 Å². The summed E-state index contributed by atoms with van der Waals surface area (Å²) in [6, 6.07) is 8.66. The first-order valence-electron chi connectivity index (χ1n) is 17.6. The zero-order valence-electron chi connectivity index (χ0n) is 28.8. The van der Waals surface area contributed by atoms with Crippen LogP contribution in [0, 0.1) is 18.2 Å². The van der Waals surface area contributed by atoms with E-state index in [-0.39, 0.29) is 49.6 Å². The third-order valence-corrected chi connectivity index (χ3v) is 10.4. The van der Waals surface area contributed by atoms with Crippen molar-refractivity contribution >= 4 is 29.3 Å². The minimum absolute atomic E-state index is 0.100. The van der Waals surface area contributed by atoms with Gasteiger partial charge in [-0.2, -0.15) is 9.97 Å². The third kappa shape index (κ3) is 7.00. The number of nitrogens with one attached hydrogen (secondary N) is 1. The first-order chi connectivity index (χ1) is 24.7. The van der Waals surface area contributed by atoms with Crippen molar-refractivity contribution in [3.63, 3.8) is 0 Å². The van der Waals surface area contributed by atoms with Gasteiger partial charge in [0.1, 0.15) is 30.2 Å². The molecule has 0 spiro atoms.